The molecule has 29 heavy (non-hydrogen) atoms. The summed E-state index contributed by atoms with van der Waals surface area (Å²) < 4.78 is 11.5. The van der Waals surface area contributed by atoms with Gasteiger partial charge in [0.25, 0.3) is 11.8 Å². The number of piperazine rings is 1. The molecule has 0 unspecified atom stereocenters. The third-order valence-electron chi connectivity index (χ3n) is 5.10. The van der Waals surface area contributed by atoms with E-state index in [1.807, 2.05) is 18.2 Å². The minimum Gasteiger partial charge on any atom is -0.485 e. The number of halogens is 1. The molecule has 0 spiro atoms. The lowest BCUT2D eigenvalue weighted by atomic mass is 10.2. The van der Waals surface area contributed by atoms with Gasteiger partial charge in [0.15, 0.2) is 18.0 Å². The molecule has 4 rings (SSSR count). The Labute approximate surface area is 174 Å². The Balaban J connectivity index is 1.24. The van der Waals surface area contributed by atoms with Crippen LogP contribution in [-0.4, -0.2) is 62.1 Å². The van der Waals surface area contributed by atoms with Crippen LogP contribution in [0.3, 0.4) is 0 Å². The van der Waals surface area contributed by atoms with Gasteiger partial charge >= 0.3 is 0 Å². The average Bonchev–Trinajstić information content (AvgIpc) is 2.75. The van der Waals surface area contributed by atoms with E-state index < -0.39 is 6.10 Å². The molecule has 0 saturated carbocycles. The number of nitrogens with one attached hydrogen (secondary N) is 2. The fourth-order valence-electron chi connectivity index (χ4n) is 3.53. The minimum absolute atomic E-state index is 0.0530. The first-order valence-electron chi connectivity index (χ1n) is 9.65. The van der Waals surface area contributed by atoms with Crippen molar-refractivity contribution in [2.75, 3.05) is 44.6 Å². The van der Waals surface area contributed by atoms with Gasteiger partial charge in [0, 0.05) is 10.7 Å². The molecule has 2 amide bonds. The predicted molar refractivity (Wildman–Crippen MR) is 109 cm³/mol. The second-order valence-corrected chi connectivity index (χ2v) is 7.61. The number of rotatable bonds is 4. The van der Waals surface area contributed by atoms with Gasteiger partial charge in [-0.2, -0.15) is 0 Å². The van der Waals surface area contributed by atoms with E-state index in [4.69, 9.17) is 21.1 Å². The number of fused-ring (bicyclic) bond motifs is 1. The molecule has 1 fully saturated rings. The largest absolute Gasteiger partial charge is 0.485 e. The highest BCUT2D eigenvalue weighted by atomic mass is 35.5. The number of carbonyl (C=O) groups is 2. The number of hydrogen-bond acceptors (Lipinski definition) is 4. The number of nitrogens with zero attached hydrogens (tertiary/aromatic N) is 1. The molecule has 1 saturated heterocycles. The molecule has 2 aromatic carbocycles. The standard InChI is InChI=1S/C21H22ClN3O4/c22-15-5-7-16(8-6-15)23-20(26)13-24-9-11-25(12-10-24)21(27)19-14-28-17-3-1-2-4-18(17)29-19/h1-8,19H,9-14H2,(H,23,26)/p+1/t19-/m1/s1. The number of carbonyl (C=O) groups excluding carboxylic acids is 2. The third-order valence-corrected chi connectivity index (χ3v) is 5.36. The first-order chi connectivity index (χ1) is 14.1. The lowest BCUT2D eigenvalue weighted by molar-refractivity contribution is -0.895. The maximum absolute atomic E-state index is 12.8. The van der Waals surface area contributed by atoms with Crippen LogP contribution in [0.5, 0.6) is 11.5 Å². The Morgan fingerprint density at radius 2 is 1.76 bits per heavy atom. The van der Waals surface area contributed by atoms with Gasteiger partial charge in [-0.1, -0.05) is 23.7 Å². The van der Waals surface area contributed by atoms with Crippen LogP contribution >= 0.6 is 11.6 Å². The fraction of sp³-hybridized carbons (Fsp3) is 0.333. The molecular formula is C21H23ClN3O4+. The first kappa shape index (κ1) is 19.5. The molecule has 8 heteroatoms. The molecule has 0 aromatic heterocycles. The van der Waals surface area contributed by atoms with Crippen LogP contribution < -0.4 is 19.7 Å². The van der Waals surface area contributed by atoms with Crippen molar-refractivity contribution >= 4 is 29.1 Å². The van der Waals surface area contributed by atoms with Gasteiger partial charge in [-0.25, -0.2) is 0 Å². The Bertz CT molecular complexity index is 882. The van der Waals surface area contributed by atoms with Gasteiger partial charge in [0.2, 0.25) is 6.10 Å². The number of hydrogen-bond donors (Lipinski definition) is 2. The highest BCUT2D eigenvalue weighted by Crippen LogP contribution is 2.31. The topological polar surface area (TPSA) is 72.3 Å². The van der Waals surface area contributed by atoms with Crippen molar-refractivity contribution < 1.29 is 24.0 Å². The van der Waals surface area contributed by atoms with E-state index in [0.29, 0.717) is 49.2 Å². The summed E-state index contributed by atoms with van der Waals surface area (Å²) in [5.41, 5.74) is 0.724. The normalized spacial score (nSPS) is 18.9. The molecule has 2 aromatic rings. The summed E-state index contributed by atoms with van der Waals surface area (Å²) in [6, 6.07) is 14.4. The van der Waals surface area contributed by atoms with E-state index in [1.54, 1.807) is 35.2 Å². The molecule has 2 aliphatic rings. The summed E-state index contributed by atoms with van der Waals surface area (Å²) >= 11 is 5.86. The zero-order valence-corrected chi connectivity index (χ0v) is 16.7. The predicted octanol–water partition coefficient (Wildman–Crippen LogP) is 0.846. The third kappa shape index (κ3) is 4.81. The molecule has 1 atom stereocenters. The summed E-state index contributed by atoms with van der Waals surface area (Å²) in [6.45, 7) is 3.18. The van der Waals surface area contributed by atoms with Crippen LogP contribution in [0.4, 0.5) is 5.69 Å². The van der Waals surface area contributed by atoms with Crippen molar-refractivity contribution in [1.29, 1.82) is 0 Å². The maximum atomic E-state index is 12.8. The van der Waals surface area contributed by atoms with Gasteiger partial charge < -0.3 is 24.6 Å². The monoisotopic (exact) mass is 416 g/mol. The van der Waals surface area contributed by atoms with Crippen LogP contribution in [0.1, 0.15) is 0 Å². The molecule has 7 nitrogen and oxygen atoms in total. The molecule has 2 N–H and O–H groups in total. The highest BCUT2D eigenvalue weighted by molar-refractivity contribution is 6.30. The molecule has 0 radical (unpaired) electrons. The van der Waals surface area contributed by atoms with Crippen molar-refractivity contribution in [3.63, 3.8) is 0 Å². The summed E-state index contributed by atoms with van der Waals surface area (Å²) in [4.78, 5) is 28.0. The summed E-state index contributed by atoms with van der Waals surface area (Å²) in [5, 5.41) is 3.51. The fourth-order valence-corrected chi connectivity index (χ4v) is 3.66. The van der Waals surface area contributed by atoms with Crippen molar-refractivity contribution in [2.24, 2.45) is 0 Å². The SMILES string of the molecule is O=C(C[NH+]1CCN(C(=O)[C@H]2COc3ccccc3O2)CC1)Nc1ccc(Cl)cc1. The van der Waals surface area contributed by atoms with E-state index in [9.17, 15) is 9.59 Å². The van der Waals surface area contributed by atoms with Gasteiger partial charge in [-0.3, -0.25) is 9.59 Å². The first-order valence-corrected chi connectivity index (χ1v) is 10.0. The number of amides is 2. The van der Waals surface area contributed by atoms with E-state index in [2.05, 4.69) is 5.32 Å². The number of benzene rings is 2. The van der Waals surface area contributed by atoms with Crippen LogP contribution in [0.2, 0.25) is 5.02 Å². The molecule has 152 valence electrons. The van der Waals surface area contributed by atoms with E-state index in [1.165, 1.54) is 0 Å². The lowest BCUT2D eigenvalue weighted by Crippen LogP contribution is -3.15. The second kappa shape index (κ2) is 8.71. The van der Waals surface area contributed by atoms with Crippen molar-refractivity contribution in [3.8, 4) is 11.5 Å². The average molecular weight is 417 g/mol. The summed E-state index contributed by atoms with van der Waals surface area (Å²) in [6.07, 6.45) is -0.625. The summed E-state index contributed by atoms with van der Waals surface area (Å²) in [7, 11) is 0. The smallest absolute Gasteiger partial charge is 0.279 e. The van der Waals surface area contributed by atoms with Crippen molar-refractivity contribution in [1.82, 2.24) is 4.90 Å². The number of para-hydroxylation sites is 2. The summed E-state index contributed by atoms with van der Waals surface area (Å²) in [5.74, 6) is 1.14. The quantitative estimate of drug-likeness (QED) is 0.775. The Morgan fingerprint density at radius 1 is 1.07 bits per heavy atom. The van der Waals surface area contributed by atoms with Gasteiger partial charge in [-0.15, -0.1) is 0 Å². The maximum Gasteiger partial charge on any atom is 0.279 e. The minimum atomic E-state index is -0.625. The van der Waals surface area contributed by atoms with Crippen LogP contribution in [0, 0.1) is 0 Å². The molecular weight excluding hydrogens is 394 g/mol. The van der Waals surface area contributed by atoms with Crippen LogP contribution in [0.25, 0.3) is 0 Å². The zero-order valence-electron chi connectivity index (χ0n) is 15.9. The van der Waals surface area contributed by atoms with Crippen molar-refractivity contribution in [2.45, 2.75) is 6.10 Å². The van der Waals surface area contributed by atoms with E-state index >= 15 is 0 Å². The van der Waals surface area contributed by atoms with Gasteiger partial charge in [0.05, 0.1) is 26.2 Å². The van der Waals surface area contributed by atoms with Gasteiger partial charge in [0.1, 0.15) is 6.61 Å². The molecule has 2 aliphatic heterocycles. The van der Waals surface area contributed by atoms with E-state index in [0.717, 1.165) is 10.6 Å². The number of ether oxygens (including phenoxy) is 2. The highest BCUT2D eigenvalue weighted by Gasteiger charge is 2.34. The van der Waals surface area contributed by atoms with Crippen LogP contribution in [0.15, 0.2) is 48.5 Å². The number of quaternary nitrogens is 1. The molecule has 0 aliphatic carbocycles. The number of anilines is 1. The Morgan fingerprint density at radius 3 is 2.48 bits per heavy atom. The molecule has 2 heterocycles. The Kier molecular flexibility index (Phi) is 5.87. The van der Waals surface area contributed by atoms with Crippen molar-refractivity contribution in [3.05, 3.63) is 53.6 Å². The van der Waals surface area contributed by atoms with Gasteiger partial charge in [-0.05, 0) is 36.4 Å². The lowest BCUT2D eigenvalue weighted by Gasteiger charge is -2.35. The molecule has 0 bridgehead atoms. The van der Waals surface area contributed by atoms with Crippen LogP contribution in [-0.2, 0) is 9.59 Å². The van der Waals surface area contributed by atoms with E-state index in [-0.39, 0.29) is 18.4 Å². The zero-order chi connectivity index (χ0) is 20.2. The Hall–Kier alpha value is -2.77. The second-order valence-electron chi connectivity index (χ2n) is 7.17.